The van der Waals surface area contributed by atoms with Crippen LogP contribution in [0, 0.1) is 0 Å². The zero-order valence-electron chi connectivity index (χ0n) is 22.6. The highest BCUT2D eigenvalue weighted by Gasteiger charge is 2.25. The molecule has 0 saturated carbocycles. The first kappa shape index (κ1) is 31.1. The fourth-order valence-corrected chi connectivity index (χ4v) is 4.69. The SMILES string of the molecule is C.C=C(NC)c1ccc(Cn2ccc3c(C4CCN(C(C)CC=O)CC4)ccnc32)cc1.CC.CC. The zero-order chi connectivity index (χ0) is 25.8. The number of benzene rings is 1. The van der Waals surface area contributed by atoms with Gasteiger partial charge in [0.15, 0.2) is 0 Å². The summed E-state index contributed by atoms with van der Waals surface area (Å²) in [5, 5.41) is 4.36. The number of pyridine rings is 1. The molecule has 0 spiro atoms. The molecule has 4 rings (SSSR count). The number of hydrogen-bond acceptors (Lipinski definition) is 4. The number of aromatic nitrogens is 2. The molecular formula is C31H48N4O. The molecule has 3 aromatic rings. The quantitative estimate of drug-likeness (QED) is 0.340. The molecule has 3 heterocycles. The summed E-state index contributed by atoms with van der Waals surface area (Å²) in [7, 11) is 1.89. The first-order valence-electron chi connectivity index (χ1n) is 13.2. The van der Waals surface area contributed by atoms with Crippen molar-refractivity contribution in [3.8, 4) is 0 Å². The minimum atomic E-state index is 0. The predicted octanol–water partition coefficient (Wildman–Crippen LogP) is 7.12. The topological polar surface area (TPSA) is 50.2 Å². The summed E-state index contributed by atoms with van der Waals surface area (Å²) in [4.78, 5) is 18.0. The van der Waals surface area contributed by atoms with Gasteiger partial charge in [0.1, 0.15) is 11.9 Å². The van der Waals surface area contributed by atoms with Crippen LogP contribution < -0.4 is 5.32 Å². The first-order chi connectivity index (χ1) is 17.1. The van der Waals surface area contributed by atoms with Crippen LogP contribution in [-0.4, -0.2) is 46.9 Å². The number of nitrogens with one attached hydrogen (secondary N) is 1. The van der Waals surface area contributed by atoms with E-state index in [0.717, 1.165) is 55.7 Å². The van der Waals surface area contributed by atoms with Gasteiger partial charge in [-0.2, -0.15) is 0 Å². The fourth-order valence-electron chi connectivity index (χ4n) is 4.69. The number of nitrogens with zero attached hydrogens (tertiary/aromatic N) is 3. The normalized spacial score (nSPS) is 14.4. The van der Waals surface area contributed by atoms with Crippen molar-refractivity contribution in [1.82, 2.24) is 19.8 Å². The molecule has 5 nitrogen and oxygen atoms in total. The average Bonchev–Trinajstić information content (AvgIpc) is 3.34. The van der Waals surface area contributed by atoms with Crippen LogP contribution in [0.25, 0.3) is 16.7 Å². The molecule has 1 aromatic carbocycles. The Labute approximate surface area is 219 Å². The Morgan fingerprint density at radius 2 is 1.75 bits per heavy atom. The molecule has 0 amide bonds. The Morgan fingerprint density at radius 1 is 1.11 bits per heavy atom. The second-order valence-corrected chi connectivity index (χ2v) is 8.57. The van der Waals surface area contributed by atoms with Gasteiger partial charge in [0.05, 0.1) is 0 Å². The third-order valence-corrected chi connectivity index (χ3v) is 6.68. The molecule has 36 heavy (non-hydrogen) atoms. The number of carbonyl (C=O) groups excluding carboxylic acids is 1. The van der Waals surface area contributed by atoms with Crippen molar-refractivity contribution < 1.29 is 4.79 Å². The lowest BCUT2D eigenvalue weighted by Gasteiger charge is -2.35. The molecule has 5 heteroatoms. The van der Waals surface area contributed by atoms with Gasteiger partial charge in [-0.05, 0) is 67.6 Å². The Hall–Kier alpha value is -2.92. The molecule has 1 aliphatic heterocycles. The number of carbonyl (C=O) groups is 1. The van der Waals surface area contributed by atoms with E-state index < -0.39 is 0 Å². The zero-order valence-corrected chi connectivity index (χ0v) is 22.6. The lowest BCUT2D eigenvalue weighted by atomic mass is 9.88. The number of aldehydes is 1. The Kier molecular flexibility index (Phi) is 13.8. The summed E-state index contributed by atoms with van der Waals surface area (Å²) < 4.78 is 2.24. The van der Waals surface area contributed by atoms with E-state index in [-0.39, 0.29) is 7.43 Å². The van der Waals surface area contributed by atoms with Crippen LogP contribution in [0.15, 0.2) is 55.4 Å². The maximum Gasteiger partial charge on any atom is 0.140 e. The highest BCUT2D eigenvalue weighted by atomic mass is 16.1. The molecule has 0 radical (unpaired) electrons. The van der Waals surface area contributed by atoms with Crippen molar-refractivity contribution in [2.45, 2.75) is 79.8 Å². The summed E-state index contributed by atoms with van der Waals surface area (Å²) in [6, 6.07) is 13.3. The molecule has 1 fully saturated rings. The van der Waals surface area contributed by atoms with Gasteiger partial charge in [0.2, 0.25) is 0 Å². The smallest absolute Gasteiger partial charge is 0.140 e. The summed E-state index contributed by atoms with van der Waals surface area (Å²) in [5.41, 5.74) is 5.74. The average molecular weight is 493 g/mol. The van der Waals surface area contributed by atoms with Gasteiger partial charge in [0, 0.05) is 49.5 Å². The van der Waals surface area contributed by atoms with Crippen LogP contribution in [-0.2, 0) is 11.3 Å². The molecule has 198 valence electrons. The highest BCUT2D eigenvalue weighted by molar-refractivity contribution is 5.80. The van der Waals surface area contributed by atoms with Gasteiger partial charge >= 0.3 is 0 Å². The van der Waals surface area contributed by atoms with Crippen LogP contribution >= 0.6 is 0 Å². The summed E-state index contributed by atoms with van der Waals surface area (Å²) in [6.07, 6.45) is 8.03. The largest absolute Gasteiger partial charge is 0.388 e. The minimum absolute atomic E-state index is 0. The molecular weight excluding hydrogens is 444 g/mol. The van der Waals surface area contributed by atoms with E-state index >= 15 is 0 Å². The van der Waals surface area contributed by atoms with E-state index in [1.807, 2.05) is 40.9 Å². The van der Waals surface area contributed by atoms with Crippen LogP contribution in [0.4, 0.5) is 0 Å². The predicted molar refractivity (Wildman–Crippen MR) is 156 cm³/mol. The Balaban J connectivity index is 0.00000123. The van der Waals surface area contributed by atoms with E-state index in [1.165, 1.54) is 16.5 Å². The van der Waals surface area contributed by atoms with Crippen molar-refractivity contribution in [2.75, 3.05) is 20.1 Å². The summed E-state index contributed by atoms with van der Waals surface area (Å²) in [6.45, 7) is 17.1. The van der Waals surface area contributed by atoms with Gasteiger partial charge in [-0.1, -0.05) is 66.0 Å². The monoisotopic (exact) mass is 492 g/mol. The number of hydrogen-bond donors (Lipinski definition) is 1. The lowest BCUT2D eigenvalue weighted by Crippen LogP contribution is -2.39. The highest BCUT2D eigenvalue weighted by Crippen LogP contribution is 2.33. The van der Waals surface area contributed by atoms with E-state index in [0.29, 0.717) is 18.4 Å². The number of piperidine rings is 1. The minimum Gasteiger partial charge on any atom is -0.388 e. The number of fused-ring (bicyclic) bond motifs is 1. The van der Waals surface area contributed by atoms with Crippen molar-refractivity contribution in [2.24, 2.45) is 0 Å². The van der Waals surface area contributed by atoms with Gasteiger partial charge in [-0.15, -0.1) is 0 Å². The molecule has 0 aliphatic carbocycles. The maximum absolute atomic E-state index is 10.8. The molecule has 1 atom stereocenters. The molecule has 2 aromatic heterocycles. The third kappa shape index (κ3) is 7.54. The van der Waals surface area contributed by atoms with Crippen LogP contribution in [0.2, 0.25) is 0 Å². The first-order valence-corrected chi connectivity index (χ1v) is 13.2. The van der Waals surface area contributed by atoms with Gasteiger partial charge in [-0.25, -0.2) is 4.98 Å². The molecule has 0 bridgehead atoms. The third-order valence-electron chi connectivity index (χ3n) is 6.68. The van der Waals surface area contributed by atoms with Crippen molar-refractivity contribution >= 4 is 23.0 Å². The van der Waals surface area contributed by atoms with Gasteiger partial charge < -0.3 is 19.6 Å². The van der Waals surface area contributed by atoms with E-state index in [1.54, 1.807) is 0 Å². The molecule has 1 N–H and O–H groups in total. The van der Waals surface area contributed by atoms with Gasteiger partial charge in [0.25, 0.3) is 0 Å². The Morgan fingerprint density at radius 3 is 2.33 bits per heavy atom. The molecule has 1 unspecified atom stereocenters. The van der Waals surface area contributed by atoms with Crippen molar-refractivity contribution in [1.29, 1.82) is 0 Å². The maximum atomic E-state index is 10.8. The second-order valence-electron chi connectivity index (χ2n) is 8.57. The lowest BCUT2D eigenvalue weighted by molar-refractivity contribution is -0.108. The van der Waals surface area contributed by atoms with Crippen molar-refractivity contribution in [3.05, 3.63) is 72.1 Å². The van der Waals surface area contributed by atoms with Gasteiger partial charge in [-0.3, -0.25) is 0 Å². The second kappa shape index (κ2) is 15.9. The number of likely N-dealkylation sites (tertiary alicyclic amines) is 1. The van der Waals surface area contributed by atoms with E-state index in [2.05, 4.69) is 70.9 Å². The summed E-state index contributed by atoms with van der Waals surface area (Å²) in [5.74, 6) is 0.549. The van der Waals surface area contributed by atoms with E-state index in [9.17, 15) is 4.79 Å². The van der Waals surface area contributed by atoms with E-state index in [4.69, 9.17) is 4.98 Å². The van der Waals surface area contributed by atoms with Crippen LogP contribution in [0.3, 0.4) is 0 Å². The molecule has 1 saturated heterocycles. The Bertz CT molecular complexity index is 1050. The van der Waals surface area contributed by atoms with Crippen LogP contribution in [0.5, 0.6) is 0 Å². The molecule has 1 aliphatic rings. The van der Waals surface area contributed by atoms with Crippen molar-refractivity contribution in [3.63, 3.8) is 0 Å². The fraction of sp³-hybridized carbons (Fsp3) is 0.484. The number of rotatable bonds is 8. The summed E-state index contributed by atoms with van der Waals surface area (Å²) >= 11 is 0. The van der Waals surface area contributed by atoms with Crippen LogP contribution in [0.1, 0.15) is 83.9 Å². The standard InChI is InChI=1S/C26H32N4O.2C2H6.CH4/c1-19(12-17-31)29-14-9-23(10-15-29)24-8-13-28-26-25(24)11-16-30(26)18-21-4-6-22(7-5-21)20(2)27-3;2*1-2;/h4-8,11,13,16-17,19,23,27H,2,9-10,12,14-15,18H2,1,3H3;2*1-2H3;1H4.